The van der Waals surface area contributed by atoms with Gasteiger partial charge in [-0.05, 0) is 26.4 Å². The van der Waals surface area contributed by atoms with Crippen molar-refractivity contribution in [1.29, 1.82) is 0 Å². The van der Waals surface area contributed by atoms with Gasteiger partial charge in [0.2, 0.25) is 0 Å². The van der Waals surface area contributed by atoms with Crippen LogP contribution in [0.4, 0.5) is 0 Å². The number of aryl methyl sites for hydroxylation is 1. The highest BCUT2D eigenvalue weighted by Crippen LogP contribution is 2.19. The van der Waals surface area contributed by atoms with Crippen molar-refractivity contribution in [1.82, 2.24) is 9.88 Å². The van der Waals surface area contributed by atoms with Gasteiger partial charge in [0.05, 0.1) is 12.1 Å². The maximum absolute atomic E-state index is 10.5. The van der Waals surface area contributed by atoms with E-state index in [1.54, 1.807) is 6.26 Å². The number of aliphatic carboxylic acids is 1. The molecule has 1 aliphatic heterocycles. The first-order valence-electron chi connectivity index (χ1n) is 6.50. The molecule has 1 aromatic rings. The second-order valence-electron chi connectivity index (χ2n) is 4.96. The van der Waals surface area contributed by atoms with Crippen LogP contribution in [-0.2, 0) is 17.6 Å². The molecule has 0 aromatic carbocycles. The van der Waals surface area contributed by atoms with E-state index < -0.39 is 5.97 Å². The predicted molar refractivity (Wildman–Crippen MR) is 66.4 cm³/mol. The highest BCUT2D eigenvalue weighted by Gasteiger charge is 2.21. The van der Waals surface area contributed by atoms with Crippen LogP contribution in [-0.4, -0.2) is 40.6 Å². The van der Waals surface area contributed by atoms with E-state index in [0.717, 1.165) is 24.6 Å². The third-order valence-corrected chi connectivity index (χ3v) is 3.53. The van der Waals surface area contributed by atoms with Crippen molar-refractivity contribution >= 4 is 5.97 Å². The minimum Gasteiger partial charge on any atom is -0.481 e. The number of likely N-dealkylation sites (tertiary alicyclic amines) is 1. The summed E-state index contributed by atoms with van der Waals surface area (Å²) in [5.74, 6) is -0.0688. The van der Waals surface area contributed by atoms with E-state index in [9.17, 15) is 4.79 Å². The number of carboxylic acids is 1. The van der Waals surface area contributed by atoms with E-state index in [1.807, 2.05) is 0 Å². The summed E-state index contributed by atoms with van der Waals surface area (Å²) in [5.41, 5.74) is 0.742. The summed E-state index contributed by atoms with van der Waals surface area (Å²) in [6.45, 7) is 1.14. The third kappa shape index (κ3) is 3.57. The number of carbonyl (C=O) groups is 1. The molecule has 1 N–H and O–H groups in total. The molecule has 1 fully saturated rings. The lowest BCUT2D eigenvalue weighted by atomic mass is 10.0. The Balaban J connectivity index is 1.87. The molecule has 1 saturated heterocycles. The Hall–Kier alpha value is -1.36. The molecule has 0 bridgehead atoms. The van der Waals surface area contributed by atoms with Gasteiger partial charge in [-0.15, -0.1) is 0 Å². The fourth-order valence-corrected chi connectivity index (χ4v) is 2.40. The summed E-state index contributed by atoms with van der Waals surface area (Å²) in [7, 11) is 2.14. The Kier molecular flexibility index (Phi) is 4.36. The molecule has 0 radical (unpaired) electrons. The van der Waals surface area contributed by atoms with Gasteiger partial charge in [-0.1, -0.05) is 6.42 Å². The number of oxazole rings is 1. The van der Waals surface area contributed by atoms with Crippen molar-refractivity contribution in [3.05, 3.63) is 17.8 Å². The second kappa shape index (κ2) is 6.00. The van der Waals surface area contributed by atoms with Crippen molar-refractivity contribution in [3.8, 4) is 0 Å². The van der Waals surface area contributed by atoms with Crippen LogP contribution in [0.2, 0.25) is 0 Å². The molecule has 18 heavy (non-hydrogen) atoms. The van der Waals surface area contributed by atoms with Crippen LogP contribution < -0.4 is 0 Å². The number of hydrogen-bond donors (Lipinski definition) is 1. The molecule has 1 unspecified atom stereocenters. The normalized spacial score (nSPS) is 21.1. The molecule has 1 aliphatic rings. The van der Waals surface area contributed by atoms with Crippen LogP contribution >= 0.6 is 0 Å². The third-order valence-electron chi connectivity index (χ3n) is 3.53. The Bertz CT molecular complexity index is 403. The molecule has 5 heteroatoms. The molecule has 2 heterocycles. The summed E-state index contributed by atoms with van der Waals surface area (Å²) < 4.78 is 5.42. The topological polar surface area (TPSA) is 66.6 Å². The zero-order valence-electron chi connectivity index (χ0n) is 10.8. The number of nitrogens with zero attached hydrogens (tertiary/aromatic N) is 2. The van der Waals surface area contributed by atoms with Crippen molar-refractivity contribution in [3.63, 3.8) is 0 Å². The lowest BCUT2D eigenvalue weighted by Gasteiger charge is -2.31. The molecule has 100 valence electrons. The number of aromatic nitrogens is 1. The second-order valence-corrected chi connectivity index (χ2v) is 4.96. The number of piperidine rings is 1. The van der Waals surface area contributed by atoms with Crippen LogP contribution in [0.3, 0.4) is 0 Å². The first kappa shape index (κ1) is 13.1. The van der Waals surface area contributed by atoms with Gasteiger partial charge in [-0.25, -0.2) is 4.98 Å². The number of rotatable bonds is 5. The SMILES string of the molecule is CN1CCCCC1Cc1nc(CCC(=O)O)co1. The molecule has 0 spiro atoms. The van der Waals surface area contributed by atoms with Gasteiger partial charge in [0.15, 0.2) is 5.89 Å². The zero-order valence-corrected chi connectivity index (χ0v) is 10.8. The summed E-state index contributed by atoms with van der Waals surface area (Å²) in [6.07, 6.45) is 6.67. The number of hydrogen-bond acceptors (Lipinski definition) is 4. The Morgan fingerprint density at radius 3 is 3.17 bits per heavy atom. The van der Waals surface area contributed by atoms with Crippen molar-refractivity contribution in [2.45, 2.75) is 44.6 Å². The highest BCUT2D eigenvalue weighted by atomic mass is 16.4. The maximum atomic E-state index is 10.5. The Labute approximate surface area is 107 Å². The standard InChI is InChI=1S/C13H20N2O3/c1-15-7-3-2-4-11(15)8-12-14-10(9-18-12)5-6-13(16)17/h9,11H,2-8H2,1H3,(H,16,17). The van der Waals surface area contributed by atoms with Crippen LogP contribution in [0.15, 0.2) is 10.7 Å². The van der Waals surface area contributed by atoms with E-state index in [-0.39, 0.29) is 6.42 Å². The van der Waals surface area contributed by atoms with Gasteiger partial charge < -0.3 is 14.4 Å². The van der Waals surface area contributed by atoms with Crippen molar-refractivity contribution < 1.29 is 14.3 Å². The summed E-state index contributed by atoms with van der Waals surface area (Å²) >= 11 is 0. The Morgan fingerprint density at radius 2 is 2.44 bits per heavy atom. The largest absolute Gasteiger partial charge is 0.481 e. The molecule has 1 atom stereocenters. The lowest BCUT2D eigenvalue weighted by molar-refractivity contribution is -0.136. The summed E-state index contributed by atoms with van der Waals surface area (Å²) in [6, 6.07) is 0.504. The van der Waals surface area contributed by atoms with Crippen LogP contribution in [0.1, 0.15) is 37.3 Å². The van der Waals surface area contributed by atoms with Gasteiger partial charge in [0.25, 0.3) is 0 Å². The van der Waals surface area contributed by atoms with Gasteiger partial charge in [0.1, 0.15) is 6.26 Å². The summed E-state index contributed by atoms with van der Waals surface area (Å²) in [5, 5.41) is 8.61. The van der Waals surface area contributed by atoms with Crippen molar-refractivity contribution in [2.24, 2.45) is 0 Å². The Morgan fingerprint density at radius 1 is 1.61 bits per heavy atom. The molecule has 0 saturated carbocycles. The molecular weight excluding hydrogens is 232 g/mol. The average Bonchev–Trinajstić information content (AvgIpc) is 2.77. The van der Waals surface area contributed by atoms with Crippen LogP contribution in [0.25, 0.3) is 0 Å². The van der Waals surface area contributed by atoms with Crippen molar-refractivity contribution in [2.75, 3.05) is 13.6 Å². The lowest BCUT2D eigenvalue weighted by Crippen LogP contribution is -2.37. The fraction of sp³-hybridized carbons (Fsp3) is 0.692. The van der Waals surface area contributed by atoms with Gasteiger partial charge in [0, 0.05) is 18.9 Å². The number of carboxylic acid groups (broad SMARTS) is 1. The fourth-order valence-electron chi connectivity index (χ4n) is 2.40. The maximum Gasteiger partial charge on any atom is 0.303 e. The minimum absolute atomic E-state index is 0.106. The van der Waals surface area contributed by atoms with E-state index in [0.29, 0.717) is 12.5 Å². The molecule has 0 aliphatic carbocycles. The quantitative estimate of drug-likeness (QED) is 0.864. The molecule has 0 amide bonds. The van der Waals surface area contributed by atoms with E-state index in [2.05, 4.69) is 16.9 Å². The van der Waals surface area contributed by atoms with Gasteiger partial charge in [-0.2, -0.15) is 0 Å². The van der Waals surface area contributed by atoms with E-state index in [1.165, 1.54) is 19.3 Å². The van der Waals surface area contributed by atoms with Crippen LogP contribution in [0, 0.1) is 0 Å². The number of likely N-dealkylation sites (N-methyl/N-ethyl adjacent to an activating group) is 1. The minimum atomic E-state index is -0.799. The first-order chi connectivity index (χ1) is 8.65. The highest BCUT2D eigenvalue weighted by molar-refractivity contribution is 5.66. The summed E-state index contributed by atoms with van der Waals surface area (Å²) in [4.78, 5) is 17.2. The van der Waals surface area contributed by atoms with E-state index >= 15 is 0 Å². The first-order valence-corrected chi connectivity index (χ1v) is 6.50. The average molecular weight is 252 g/mol. The molecule has 2 rings (SSSR count). The van der Waals surface area contributed by atoms with Gasteiger partial charge >= 0.3 is 5.97 Å². The van der Waals surface area contributed by atoms with Crippen LogP contribution in [0.5, 0.6) is 0 Å². The monoisotopic (exact) mass is 252 g/mol. The molecule has 1 aromatic heterocycles. The molecular formula is C13H20N2O3. The van der Waals surface area contributed by atoms with Gasteiger partial charge in [-0.3, -0.25) is 4.79 Å². The smallest absolute Gasteiger partial charge is 0.303 e. The predicted octanol–water partition coefficient (Wildman–Crippen LogP) is 1.72. The molecule has 5 nitrogen and oxygen atoms in total. The zero-order chi connectivity index (χ0) is 13.0. The van der Waals surface area contributed by atoms with E-state index in [4.69, 9.17) is 9.52 Å².